The molecule has 2 aromatic carbocycles. The number of nitrogens with one attached hydrogen (secondary N) is 1. The minimum Gasteiger partial charge on any atom is -0.461 e. The van der Waals surface area contributed by atoms with E-state index in [2.05, 4.69) is 5.32 Å². The number of carbonyl (C=O) groups is 1. The molecule has 0 bridgehead atoms. The lowest BCUT2D eigenvalue weighted by atomic mass is 9.80. The van der Waals surface area contributed by atoms with Gasteiger partial charge in [-0.2, -0.15) is 0 Å². The maximum absolute atomic E-state index is 11.7. The SMILES string of the molecule is O=C(CCCOCC(O)CNCc1ccc(B(O)O)cc1)OCc1ccccc1. The molecule has 7 nitrogen and oxygen atoms in total. The Morgan fingerprint density at radius 1 is 1.03 bits per heavy atom. The van der Waals surface area contributed by atoms with Gasteiger partial charge >= 0.3 is 13.1 Å². The third-order valence-corrected chi connectivity index (χ3v) is 4.21. The van der Waals surface area contributed by atoms with Crippen molar-refractivity contribution in [2.75, 3.05) is 19.8 Å². The Kier molecular flexibility index (Phi) is 10.4. The Morgan fingerprint density at radius 3 is 2.45 bits per heavy atom. The summed E-state index contributed by atoms with van der Waals surface area (Å²) in [5.74, 6) is -0.264. The van der Waals surface area contributed by atoms with Crippen molar-refractivity contribution in [2.45, 2.75) is 32.1 Å². The first-order valence-electron chi connectivity index (χ1n) is 9.65. The topological polar surface area (TPSA) is 108 Å². The number of hydrogen-bond donors (Lipinski definition) is 4. The minimum absolute atomic E-state index is 0.182. The zero-order valence-corrected chi connectivity index (χ0v) is 16.4. The van der Waals surface area contributed by atoms with Gasteiger partial charge in [-0.1, -0.05) is 54.6 Å². The summed E-state index contributed by atoms with van der Waals surface area (Å²) >= 11 is 0. The Labute approximate surface area is 171 Å². The van der Waals surface area contributed by atoms with Crippen molar-refractivity contribution in [3.8, 4) is 0 Å². The van der Waals surface area contributed by atoms with Gasteiger partial charge in [0.2, 0.25) is 0 Å². The lowest BCUT2D eigenvalue weighted by molar-refractivity contribution is -0.145. The van der Waals surface area contributed by atoms with Gasteiger partial charge in [-0.15, -0.1) is 0 Å². The first-order chi connectivity index (χ1) is 14.0. The molecule has 2 aromatic rings. The molecule has 0 aromatic heterocycles. The van der Waals surface area contributed by atoms with Crippen LogP contribution in [0.2, 0.25) is 0 Å². The van der Waals surface area contributed by atoms with Crippen LogP contribution in [0.25, 0.3) is 0 Å². The van der Waals surface area contributed by atoms with Crippen LogP contribution >= 0.6 is 0 Å². The quantitative estimate of drug-likeness (QED) is 0.218. The maximum Gasteiger partial charge on any atom is 0.488 e. The van der Waals surface area contributed by atoms with Crippen LogP contribution in [0.3, 0.4) is 0 Å². The number of carbonyl (C=O) groups excluding carboxylic acids is 1. The molecule has 0 fully saturated rings. The molecular formula is C21H28BNO6. The van der Waals surface area contributed by atoms with E-state index in [-0.39, 0.29) is 25.6 Å². The van der Waals surface area contributed by atoms with E-state index in [1.165, 1.54) is 0 Å². The first kappa shape index (κ1) is 23.1. The second kappa shape index (κ2) is 13.1. The van der Waals surface area contributed by atoms with Gasteiger partial charge in [0.15, 0.2) is 0 Å². The minimum atomic E-state index is -1.47. The molecule has 1 atom stereocenters. The predicted octanol–water partition coefficient (Wildman–Crippen LogP) is 0.357. The third kappa shape index (κ3) is 9.69. The van der Waals surface area contributed by atoms with E-state index in [1.807, 2.05) is 30.3 Å². The Bertz CT molecular complexity index is 711. The van der Waals surface area contributed by atoms with Gasteiger partial charge < -0.3 is 29.9 Å². The van der Waals surface area contributed by atoms with Crippen LogP contribution in [0.4, 0.5) is 0 Å². The molecule has 2 rings (SSSR count). The largest absolute Gasteiger partial charge is 0.488 e. The number of rotatable bonds is 13. The third-order valence-electron chi connectivity index (χ3n) is 4.21. The Morgan fingerprint density at radius 2 is 1.76 bits per heavy atom. The monoisotopic (exact) mass is 401 g/mol. The van der Waals surface area contributed by atoms with Crippen LogP contribution in [-0.2, 0) is 27.4 Å². The predicted molar refractivity (Wildman–Crippen MR) is 110 cm³/mol. The fourth-order valence-electron chi connectivity index (χ4n) is 2.60. The molecule has 0 aliphatic heterocycles. The smallest absolute Gasteiger partial charge is 0.461 e. The molecule has 0 amide bonds. The number of benzene rings is 2. The fraction of sp³-hybridized carbons (Fsp3) is 0.381. The highest BCUT2D eigenvalue weighted by Gasteiger charge is 2.10. The Hall–Kier alpha value is -2.23. The molecule has 8 heteroatoms. The van der Waals surface area contributed by atoms with Crippen LogP contribution in [-0.4, -0.2) is 54.1 Å². The number of esters is 1. The summed E-state index contributed by atoms with van der Waals surface area (Å²) < 4.78 is 10.6. The average molecular weight is 401 g/mol. The van der Waals surface area contributed by atoms with Crippen LogP contribution in [0, 0.1) is 0 Å². The fourth-order valence-corrected chi connectivity index (χ4v) is 2.60. The van der Waals surface area contributed by atoms with E-state index in [9.17, 15) is 9.90 Å². The van der Waals surface area contributed by atoms with Crippen molar-refractivity contribution >= 4 is 18.6 Å². The Balaban J connectivity index is 1.48. The van der Waals surface area contributed by atoms with Gasteiger partial charge in [-0.3, -0.25) is 4.79 Å². The van der Waals surface area contributed by atoms with Gasteiger partial charge in [0, 0.05) is 26.1 Å². The van der Waals surface area contributed by atoms with E-state index in [0.29, 0.717) is 31.6 Å². The summed E-state index contributed by atoms with van der Waals surface area (Å²) in [6.07, 6.45) is 0.162. The van der Waals surface area contributed by atoms with Crippen LogP contribution in [0.5, 0.6) is 0 Å². The zero-order chi connectivity index (χ0) is 20.9. The summed E-state index contributed by atoms with van der Waals surface area (Å²) in [5.41, 5.74) is 2.36. The van der Waals surface area contributed by atoms with Gasteiger partial charge in [0.25, 0.3) is 0 Å². The molecule has 0 aliphatic carbocycles. The second-order valence-electron chi connectivity index (χ2n) is 6.72. The van der Waals surface area contributed by atoms with Crippen molar-refractivity contribution in [3.63, 3.8) is 0 Å². The normalized spacial score (nSPS) is 11.8. The molecule has 0 aliphatic rings. The van der Waals surface area contributed by atoms with E-state index in [0.717, 1.165) is 11.1 Å². The standard InChI is InChI=1S/C21H28BNO6/c24-20(14-23-13-17-8-10-19(11-9-17)22(26)27)16-28-12-4-7-21(25)29-15-18-5-2-1-3-6-18/h1-3,5-6,8-11,20,23-24,26-27H,4,7,12-16H2. The van der Waals surface area contributed by atoms with E-state index in [4.69, 9.17) is 19.5 Å². The molecule has 156 valence electrons. The van der Waals surface area contributed by atoms with Gasteiger partial charge in [-0.05, 0) is 23.0 Å². The zero-order valence-electron chi connectivity index (χ0n) is 16.4. The van der Waals surface area contributed by atoms with Gasteiger partial charge in [0.1, 0.15) is 6.61 Å². The summed E-state index contributed by atoms with van der Waals surface area (Å²) in [6.45, 7) is 1.74. The lowest BCUT2D eigenvalue weighted by Gasteiger charge is -2.12. The van der Waals surface area contributed by atoms with Crippen molar-refractivity contribution in [1.29, 1.82) is 0 Å². The summed E-state index contributed by atoms with van der Waals surface area (Å²) in [6, 6.07) is 16.4. The van der Waals surface area contributed by atoms with Crippen LogP contribution in [0.15, 0.2) is 54.6 Å². The lowest BCUT2D eigenvalue weighted by Crippen LogP contribution is -2.31. The number of hydrogen-bond acceptors (Lipinski definition) is 7. The molecule has 0 heterocycles. The second-order valence-corrected chi connectivity index (χ2v) is 6.72. The van der Waals surface area contributed by atoms with Crippen LogP contribution in [0.1, 0.15) is 24.0 Å². The molecule has 0 spiro atoms. The summed E-state index contributed by atoms with van der Waals surface area (Å²) in [5, 5.41) is 31.1. The number of aliphatic hydroxyl groups excluding tert-OH is 1. The number of ether oxygens (including phenoxy) is 2. The average Bonchev–Trinajstić information content (AvgIpc) is 2.73. The molecule has 0 saturated heterocycles. The highest BCUT2D eigenvalue weighted by Crippen LogP contribution is 2.03. The van der Waals surface area contributed by atoms with E-state index in [1.54, 1.807) is 24.3 Å². The van der Waals surface area contributed by atoms with Crippen molar-refractivity contribution in [3.05, 3.63) is 65.7 Å². The molecule has 1 unspecified atom stereocenters. The molecular weight excluding hydrogens is 373 g/mol. The van der Waals surface area contributed by atoms with Crippen LogP contribution < -0.4 is 10.8 Å². The van der Waals surface area contributed by atoms with Gasteiger partial charge in [0.05, 0.1) is 12.7 Å². The number of aliphatic hydroxyl groups is 1. The molecule has 0 radical (unpaired) electrons. The van der Waals surface area contributed by atoms with Crippen molar-refractivity contribution in [2.24, 2.45) is 0 Å². The first-order valence-corrected chi connectivity index (χ1v) is 9.65. The highest BCUT2D eigenvalue weighted by atomic mass is 16.5. The highest BCUT2D eigenvalue weighted by molar-refractivity contribution is 6.58. The molecule has 0 saturated carbocycles. The van der Waals surface area contributed by atoms with Crippen molar-refractivity contribution < 1.29 is 29.4 Å². The maximum atomic E-state index is 11.7. The van der Waals surface area contributed by atoms with E-state index >= 15 is 0 Å². The molecule has 4 N–H and O–H groups in total. The summed E-state index contributed by atoms with van der Waals surface area (Å²) in [4.78, 5) is 11.7. The van der Waals surface area contributed by atoms with Gasteiger partial charge in [-0.25, -0.2) is 0 Å². The van der Waals surface area contributed by atoms with E-state index < -0.39 is 13.2 Å². The molecule has 29 heavy (non-hydrogen) atoms. The summed E-state index contributed by atoms with van der Waals surface area (Å²) in [7, 11) is -1.47. The van der Waals surface area contributed by atoms with Crippen molar-refractivity contribution in [1.82, 2.24) is 5.32 Å².